The van der Waals surface area contributed by atoms with E-state index in [2.05, 4.69) is 16.3 Å². The van der Waals surface area contributed by atoms with Gasteiger partial charge in [-0.3, -0.25) is 9.69 Å². The predicted molar refractivity (Wildman–Crippen MR) is 110 cm³/mol. The summed E-state index contributed by atoms with van der Waals surface area (Å²) in [4.78, 5) is 28.0. The van der Waals surface area contributed by atoms with E-state index < -0.39 is 0 Å². The molecule has 2 aromatic rings. The molecule has 28 heavy (non-hydrogen) atoms. The van der Waals surface area contributed by atoms with Crippen molar-refractivity contribution in [2.24, 2.45) is 0 Å². The van der Waals surface area contributed by atoms with Gasteiger partial charge >= 0.3 is 6.03 Å². The van der Waals surface area contributed by atoms with E-state index >= 15 is 0 Å². The van der Waals surface area contributed by atoms with Crippen molar-refractivity contribution >= 4 is 17.5 Å². The number of anilines is 1. The number of nitrogens with zero attached hydrogens (tertiary/aromatic N) is 2. The van der Waals surface area contributed by atoms with Gasteiger partial charge in [-0.2, -0.15) is 0 Å². The minimum atomic E-state index is -0.0973. The van der Waals surface area contributed by atoms with Crippen LogP contribution in [0, 0.1) is 0 Å². The number of piperazine rings is 1. The average molecular weight is 381 g/mol. The number of hydrogen-bond acceptors (Lipinski definition) is 4. The number of amides is 2. The van der Waals surface area contributed by atoms with Crippen molar-refractivity contribution in [3.05, 3.63) is 59.7 Å². The maximum atomic E-state index is 12.5. The molecule has 1 aliphatic heterocycles. The first-order valence-corrected chi connectivity index (χ1v) is 9.58. The molecule has 0 aromatic heterocycles. The molecule has 148 valence electrons. The molecule has 1 N–H and O–H groups in total. The number of hydrogen-bond donors (Lipinski definition) is 1. The maximum absolute atomic E-state index is 12.5. The van der Waals surface area contributed by atoms with E-state index in [1.807, 2.05) is 23.1 Å². The summed E-state index contributed by atoms with van der Waals surface area (Å²) in [5, 5.41) is 2.91. The Morgan fingerprint density at radius 3 is 2.32 bits per heavy atom. The number of methoxy groups -OCH3 is 1. The number of urea groups is 1. The fourth-order valence-electron chi connectivity index (χ4n) is 3.35. The molecule has 0 spiro atoms. The molecule has 2 amide bonds. The number of para-hydroxylation sites is 1. The topological polar surface area (TPSA) is 61.9 Å². The molecule has 0 unspecified atom stereocenters. The third-order valence-electron chi connectivity index (χ3n) is 5.09. The molecule has 1 saturated heterocycles. The van der Waals surface area contributed by atoms with E-state index in [-0.39, 0.29) is 11.8 Å². The molecule has 1 heterocycles. The van der Waals surface area contributed by atoms with E-state index in [9.17, 15) is 9.59 Å². The minimum Gasteiger partial charge on any atom is -0.496 e. The Morgan fingerprint density at radius 2 is 1.68 bits per heavy atom. The SMILES string of the molecule is COc1ccccc1CCN1CCN(C(=O)Nc2ccc(C(C)=O)cc2)CC1. The number of carbonyl (C=O) groups excluding carboxylic acids is 2. The summed E-state index contributed by atoms with van der Waals surface area (Å²) in [6, 6.07) is 15.0. The molecule has 1 fully saturated rings. The van der Waals surface area contributed by atoms with Crippen LogP contribution in [-0.4, -0.2) is 61.4 Å². The summed E-state index contributed by atoms with van der Waals surface area (Å²) < 4.78 is 5.41. The number of nitrogens with one attached hydrogen (secondary N) is 1. The van der Waals surface area contributed by atoms with E-state index in [0.29, 0.717) is 24.3 Å². The number of benzene rings is 2. The first kappa shape index (κ1) is 19.9. The third kappa shape index (κ3) is 5.10. The van der Waals surface area contributed by atoms with Crippen LogP contribution in [0.15, 0.2) is 48.5 Å². The molecule has 6 nitrogen and oxygen atoms in total. The van der Waals surface area contributed by atoms with Gasteiger partial charge in [0.25, 0.3) is 0 Å². The molecule has 3 rings (SSSR count). The largest absolute Gasteiger partial charge is 0.496 e. The molecule has 0 saturated carbocycles. The number of ketones is 1. The van der Waals surface area contributed by atoms with Crippen molar-refractivity contribution in [2.75, 3.05) is 45.2 Å². The molecule has 0 aliphatic carbocycles. The lowest BCUT2D eigenvalue weighted by atomic mass is 10.1. The molecular weight excluding hydrogens is 354 g/mol. The van der Waals surface area contributed by atoms with Crippen LogP contribution in [0.5, 0.6) is 5.75 Å². The molecule has 0 atom stereocenters. The summed E-state index contributed by atoms with van der Waals surface area (Å²) in [6.07, 6.45) is 0.929. The lowest BCUT2D eigenvalue weighted by molar-refractivity contribution is 0.101. The Hall–Kier alpha value is -2.86. The highest BCUT2D eigenvalue weighted by Gasteiger charge is 2.21. The quantitative estimate of drug-likeness (QED) is 0.780. The van der Waals surface area contributed by atoms with Crippen LogP contribution >= 0.6 is 0 Å². The maximum Gasteiger partial charge on any atom is 0.321 e. The number of Topliss-reactive ketones (excluding diaryl/α,β-unsaturated/α-hetero) is 1. The second kappa shape index (κ2) is 9.37. The van der Waals surface area contributed by atoms with Gasteiger partial charge in [-0.15, -0.1) is 0 Å². The molecular formula is C22H27N3O3. The van der Waals surface area contributed by atoms with Gasteiger partial charge in [-0.25, -0.2) is 4.79 Å². The van der Waals surface area contributed by atoms with Gasteiger partial charge in [0.15, 0.2) is 5.78 Å². The highest BCUT2D eigenvalue weighted by atomic mass is 16.5. The zero-order valence-electron chi connectivity index (χ0n) is 16.5. The molecule has 0 bridgehead atoms. The highest BCUT2D eigenvalue weighted by molar-refractivity contribution is 5.95. The molecule has 6 heteroatoms. The summed E-state index contributed by atoms with van der Waals surface area (Å²) in [5.74, 6) is 0.943. The van der Waals surface area contributed by atoms with Gasteiger partial charge in [0.2, 0.25) is 0 Å². The Kier molecular flexibility index (Phi) is 6.66. The summed E-state index contributed by atoms with van der Waals surface area (Å²) in [6.45, 7) is 5.58. The minimum absolute atomic E-state index is 0.0159. The van der Waals surface area contributed by atoms with Crippen molar-refractivity contribution in [2.45, 2.75) is 13.3 Å². The van der Waals surface area contributed by atoms with Gasteiger partial charge < -0.3 is 15.0 Å². The normalized spacial score (nSPS) is 14.6. The van der Waals surface area contributed by atoms with Crippen LogP contribution in [0.1, 0.15) is 22.8 Å². The van der Waals surface area contributed by atoms with E-state index in [1.165, 1.54) is 12.5 Å². The number of ether oxygens (including phenoxy) is 1. The standard InChI is InChI=1S/C22H27N3O3/c1-17(26)18-7-9-20(10-8-18)23-22(27)25-15-13-24(14-16-25)12-11-19-5-3-4-6-21(19)28-2/h3-10H,11-16H2,1-2H3,(H,23,27). The van der Waals surface area contributed by atoms with Gasteiger partial charge in [0, 0.05) is 44.0 Å². The number of rotatable bonds is 6. The zero-order valence-corrected chi connectivity index (χ0v) is 16.5. The van der Waals surface area contributed by atoms with E-state index in [1.54, 1.807) is 31.4 Å². The number of carbonyl (C=O) groups is 2. The van der Waals surface area contributed by atoms with Gasteiger partial charge in [0.1, 0.15) is 5.75 Å². The first-order valence-electron chi connectivity index (χ1n) is 9.58. The Balaban J connectivity index is 1.45. The third-order valence-corrected chi connectivity index (χ3v) is 5.09. The van der Waals surface area contributed by atoms with E-state index in [0.717, 1.165) is 31.8 Å². The zero-order chi connectivity index (χ0) is 19.9. The van der Waals surface area contributed by atoms with Crippen molar-refractivity contribution in [1.29, 1.82) is 0 Å². The molecule has 1 aliphatic rings. The van der Waals surface area contributed by atoms with E-state index in [4.69, 9.17) is 4.74 Å². The predicted octanol–water partition coefficient (Wildman–Crippen LogP) is 3.29. The monoisotopic (exact) mass is 381 g/mol. The van der Waals surface area contributed by atoms with Crippen LogP contribution in [0.3, 0.4) is 0 Å². The molecule has 2 aromatic carbocycles. The van der Waals surface area contributed by atoms with Crippen molar-refractivity contribution in [3.8, 4) is 5.75 Å². The van der Waals surface area contributed by atoms with Crippen LogP contribution in [0.4, 0.5) is 10.5 Å². The second-order valence-electron chi connectivity index (χ2n) is 6.95. The average Bonchev–Trinajstić information content (AvgIpc) is 2.73. The summed E-state index contributed by atoms with van der Waals surface area (Å²) in [5.41, 5.74) is 2.55. The van der Waals surface area contributed by atoms with Crippen LogP contribution in [-0.2, 0) is 6.42 Å². The lowest BCUT2D eigenvalue weighted by Crippen LogP contribution is -2.50. The summed E-state index contributed by atoms with van der Waals surface area (Å²) in [7, 11) is 1.70. The fraction of sp³-hybridized carbons (Fsp3) is 0.364. The molecule has 0 radical (unpaired) electrons. The smallest absolute Gasteiger partial charge is 0.321 e. The van der Waals surface area contributed by atoms with Crippen LogP contribution < -0.4 is 10.1 Å². The van der Waals surface area contributed by atoms with Crippen LogP contribution in [0.2, 0.25) is 0 Å². The summed E-state index contributed by atoms with van der Waals surface area (Å²) >= 11 is 0. The first-order chi connectivity index (χ1) is 13.6. The van der Waals surface area contributed by atoms with Gasteiger partial charge in [-0.05, 0) is 49.2 Å². The lowest BCUT2D eigenvalue weighted by Gasteiger charge is -2.34. The van der Waals surface area contributed by atoms with Crippen LogP contribution in [0.25, 0.3) is 0 Å². The highest BCUT2D eigenvalue weighted by Crippen LogP contribution is 2.18. The van der Waals surface area contributed by atoms with Gasteiger partial charge in [0.05, 0.1) is 7.11 Å². The van der Waals surface area contributed by atoms with Gasteiger partial charge in [-0.1, -0.05) is 18.2 Å². The van der Waals surface area contributed by atoms with Crippen molar-refractivity contribution < 1.29 is 14.3 Å². The fourth-order valence-corrected chi connectivity index (χ4v) is 3.35. The Morgan fingerprint density at radius 1 is 1.00 bits per heavy atom. The Bertz CT molecular complexity index is 812. The Labute approximate surface area is 166 Å². The van der Waals surface area contributed by atoms with Crippen molar-refractivity contribution in [1.82, 2.24) is 9.80 Å². The second-order valence-corrected chi connectivity index (χ2v) is 6.95. The van der Waals surface area contributed by atoms with Crippen molar-refractivity contribution in [3.63, 3.8) is 0 Å².